The van der Waals surface area contributed by atoms with Gasteiger partial charge in [-0.1, -0.05) is 0 Å². The van der Waals surface area contributed by atoms with Crippen molar-refractivity contribution in [2.45, 2.75) is 18.9 Å². The molecule has 2 saturated heterocycles. The van der Waals surface area contributed by atoms with E-state index in [1.807, 2.05) is 0 Å². The summed E-state index contributed by atoms with van der Waals surface area (Å²) in [5, 5.41) is 2.51. The molecule has 2 fully saturated rings. The molecule has 0 saturated carbocycles. The molecule has 0 atom stereocenters. The monoisotopic (exact) mass is 277 g/mol. The van der Waals surface area contributed by atoms with Crippen molar-refractivity contribution in [2.75, 3.05) is 19.6 Å². The van der Waals surface area contributed by atoms with E-state index >= 15 is 0 Å². The maximum atomic E-state index is 12.1. The zero-order valence-corrected chi connectivity index (χ0v) is 10.9. The Morgan fingerprint density at radius 2 is 2.05 bits per heavy atom. The van der Waals surface area contributed by atoms with Gasteiger partial charge in [0.1, 0.15) is 0 Å². The summed E-state index contributed by atoms with van der Waals surface area (Å²) in [6, 6.07) is 2.86. The Morgan fingerprint density at radius 3 is 2.60 bits per heavy atom. The van der Waals surface area contributed by atoms with Gasteiger partial charge < -0.3 is 14.6 Å². The van der Waals surface area contributed by atoms with Crippen LogP contribution in [0.15, 0.2) is 22.8 Å². The first-order valence-corrected chi connectivity index (χ1v) is 6.59. The minimum absolute atomic E-state index is 0.0738. The molecule has 0 unspecified atom stereocenters. The van der Waals surface area contributed by atoms with Crippen LogP contribution in [0.3, 0.4) is 0 Å². The number of likely N-dealkylation sites (tertiary alicyclic amines) is 1. The predicted molar refractivity (Wildman–Crippen MR) is 67.9 cm³/mol. The number of furan rings is 1. The molecule has 0 aromatic carbocycles. The number of rotatable bonds is 2. The fraction of sp³-hybridized carbons (Fsp3) is 0.462. The Labute approximate surface area is 115 Å². The van der Waals surface area contributed by atoms with Crippen molar-refractivity contribution < 1.29 is 18.8 Å². The summed E-state index contributed by atoms with van der Waals surface area (Å²) in [5.41, 5.74) is 0. The Morgan fingerprint density at radius 1 is 1.30 bits per heavy atom. The van der Waals surface area contributed by atoms with Crippen molar-refractivity contribution in [2.24, 2.45) is 0 Å². The van der Waals surface area contributed by atoms with Crippen LogP contribution in [-0.4, -0.2) is 53.3 Å². The Balaban J connectivity index is 1.61. The number of hydrogen-bond acceptors (Lipinski definition) is 4. The van der Waals surface area contributed by atoms with Crippen LogP contribution in [0.2, 0.25) is 0 Å². The number of nitrogens with one attached hydrogen (secondary N) is 1. The lowest BCUT2D eigenvalue weighted by Gasteiger charge is -2.34. The van der Waals surface area contributed by atoms with Crippen molar-refractivity contribution >= 4 is 17.8 Å². The average Bonchev–Trinajstić information content (AvgIpc) is 3.09. The molecule has 1 aromatic rings. The molecule has 0 bridgehead atoms. The van der Waals surface area contributed by atoms with Gasteiger partial charge in [0.2, 0.25) is 5.91 Å². The lowest BCUT2D eigenvalue weighted by atomic mass is 10.0. The van der Waals surface area contributed by atoms with Crippen molar-refractivity contribution in [3.63, 3.8) is 0 Å². The summed E-state index contributed by atoms with van der Waals surface area (Å²) in [4.78, 5) is 38.3. The molecular weight excluding hydrogens is 262 g/mol. The van der Waals surface area contributed by atoms with Gasteiger partial charge in [-0.15, -0.1) is 0 Å². The fourth-order valence-electron chi connectivity index (χ4n) is 2.69. The molecule has 0 aliphatic carbocycles. The molecule has 20 heavy (non-hydrogen) atoms. The quantitative estimate of drug-likeness (QED) is 0.795. The molecule has 2 aliphatic rings. The van der Waals surface area contributed by atoms with Gasteiger partial charge in [0.25, 0.3) is 5.91 Å². The first-order valence-electron chi connectivity index (χ1n) is 6.59. The Kier molecular flexibility index (Phi) is 3.17. The highest BCUT2D eigenvalue weighted by molar-refractivity contribution is 6.02. The minimum atomic E-state index is -0.328. The SMILES string of the molecule is O=C(c1ccco1)N1CCC(N2C(=O)CNC2=O)CC1. The van der Waals surface area contributed by atoms with Gasteiger partial charge in [-0.3, -0.25) is 14.5 Å². The fourth-order valence-corrected chi connectivity index (χ4v) is 2.69. The molecule has 7 nitrogen and oxygen atoms in total. The molecular formula is C13H15N3O4. The molecule has 0 spiro atoms. The Bertz CT molecular complexity index is 516. The maximum Gasteiger partial charge on any atom is 0.324 e. The third-order valence-corrected chi connectivity index (χ3v) is 3.73. The number of carbonyl (C=O) groups is 3. The number of imide groups is 1. The summed E-state index contributed by atoms with van der Waals surface area (Å²) in [5.74, 6) is -0.0186. The van der Waals surface area contributed by atoms with Gasteiger partial charge in [-0.25, -0.2) is 4.79 Å². The topological polar surface area (TPSA) is 82.9 Å². The third kappa shape index (κ3) is 2.15. The van der Waals surface area contributed by atoms with E-state index in [2.05, 4.69) is 5.32 Å². The molecule has 106 valence electrons. The number of hydrogen-bond donors (Lipinski definition) is 1. The standard InChI is InChI=1S/C13H15N3O4/c17-11-8-14-13(19)16(11)9-3-5-15(6-4-9)12(18)10-2-1-7-20-10/h1-2,7,9H,3-6,8H2,(H,14,19). The molecule has 3 rings (SSSR count). The number of carbonyl (C=O) groups excluding carboxylic acids is 3. The summed E-state index contributed by atoms with van der Waals surface area (Å²) in [6.45, 7) is 1.10. The number of urea groups is 1. The first kappa shape index (κ1) is 12.7. The van der Waals surface area contributed by atoms with Gasteiger partial charge in [0.05, 0.1) is 12.8 Å². The highest BCUT2D eigenvalue weighted by atomic mass is 16.3. The predicted octanol–water partition coefficient (Wildman–Crippen LogP) is 0.436. The highest BCUT2D eigenvalue weighted by Crippen LogP contribution is 2.20. The van der Waals surface area contributed by atoms with Crippen molar-refractivity contribution in [3.05, 3.63) is 24.2 Å². The Hall–Kier alpha value is -2.31. The van der Waals surface area contributed by atoms with E-state index in [1.54, 1.807) is 17.0 Å². The van der Waals surface area contributed by atoms with Crippen molar-refractivity contribution in [1.29, 1.82) is 0 Å². The summed E-state index contributed by atoms with van der Waals surface area (Å²) in [6.07, 6.45) is 2.67. The molecule has 0 radical (unpaired) electrons. The highest BCUT2D eigenvalue weighted by Gasteiger charge is 2.37. The first-order chi connectivity index (χ1) is 9.66. The van der Waals surface area contributed by atoms with Crippen LogP contribution >= 0.6 is 0 Å². The van der Waals surface area contributed by atoms with Crippen LogP contribution < -0.4 is 5.32 Å². The van der Waals surface area contributed by atoms with Gasteiger partial charge in [0.15, 0.2) is 5.76 Å². The molecule has 1 N–H and O–H groups in total. The molecule has 7 heteroatoms. The second-order valence-electron chi connectivity index (χ2n) is 4.92. The van der Waals surface area contributed by atoms with Gasteiger partial charge in [0, 0.05) is 19.1 Å². The van der Waals surface area contributed by atoms with Gasteiger partial charge in [-0.2, -0.15) is 0 Å². The smallest absolute Gasteiger partial charge is 0.324 e. The zero-order chi connectivity index (χ0) is 14.1. The van der Waals surface area contributed by atoms with Crippen molar-refractivity contribution in [3.8, 4) is 0 Å². The van der Waals surface area contributed by atoms with E-state index in [-0.39, 0.29) is 30.4 Å². The summed E-state index contributed by atoms with van der Waals surface area (Å²) < 4.78 is 5.09. The van der Waals surface area contributed by atoms with E-state index in [0.29, 0.717) is 31.7 Å². The van der Waals surface area contributed by atoms with Crippen LogP contribution in [0.25, 0.3) is 0 Å². The normalized spacial score (nSPS) is 20.4. The maximum absolute atomic E-state index is 12.1. The zero-order valence-electron chi connectivity index (χ0n) is 10.9. The van der Waals surface area contributed by atoms with E-state index in [9.17, 15) is 14.4 Å². The van der Waals surface area contributed by atoms with Crippen LogP contribution in [-0.2, 0) is 4.79 Å². The van der Waals surface area contributed by atoms with Crippen LogP contribution in [0.5, 0.6) is 0 Å². The van der Waals surface area contributed by atoms with Gasteiger partial charge in [-0.05, 0) is 25.0 Å². The third-order valence-electron chi connectivity index (χ3n) is 3.73. The lowest BCUT2D eigenvalue weighted by molar-refractivity contribution is -0.127. The van der Waals surface area contributed by atoms with Crippen molar-refractivity contribution in [1.82, 2.24) is 15.1 Å². The average molecular weight is 277 g/mol. The number of piperidine rings is 1. The molecule has 2 aliphatic heterocycles. The molecule has 3 heterocycles. The van der Waals surface area contributed by atoms with E-state index < -0.39 is 0 Å². The summed E-state index contributed by atoms with van der Waals surface area (Å²) in [7, 11) is 0. The number of amides is 4. The van der Waals surface area contributed by atoms with Crippen LogP contribution in [0, 0.1) is 0 Å². The van der Waals surface area contributed by atoms with Crippen LogP contribution in [0.4, 0.5) is 4.79 Å². The van der Waals surface area contributed by atoms with Gasteiger partial charge >= 0.3 is 6.03 Å². The summed E-state index contributed by atoms with van der Waals surface area (Å²) >= 11 is 0. The second-order valence-corrected chi connectivity index (χ2v) is 4.92. The minimum Gasteiger partial charge on any atom is -0.459 e. The van der Waals surface area contributed by atoms with E-state index in [0.717, 1.165) is 0 Å². The van der Waals surface area contributed by atoms with E-state index in [1.165, 1.54) is 11.2 Å². The van der Waals surface area contributed by atoms with E-state index in [4.69, 9.17) is 4.42 Å². The largest absolute Gasteiger partial charge is 0.459 e. The second kappa shape index (κ2) is 4.99. The molecule has 1 aromatic heterocycles. The van der Waals surface area contributed by atoms with Crippen LogP contribution in [0.1, 0.15) is 23.4 Å². The molecule has 4 amide bonds. The number of nitrogens with zero attached hydrogens (tertiary/aromatic N) is 2. The lowest BCUT2D eigenvalue weighted by Crippen LogP contribution is -2.49.